The van der Waals surface area contributed by atoms with Crippen LogP contribution in [0.15, 0.2) is 29.8 Å². The topological polar surface area (TPSA) is 120 Å². The molecule has 2 saturated heterocycles. The number of amides is 4. The molecule has 0 atom stereocenters. The second kappa shape index (κ2) is 11.1. The molecule has 0 spiro atoms. The van der Waals surface area contributed by atoms with Gasteiger partial charge in [-0.3, -0.25) is 10.2 Å². The number of piperazine rings is 1. The van der Waals surface area contributed by atoms with Crippen molar-refractivity contribution in [1.82, 2.24) is 30.6 Å². The molecule has 12 heteroatoms. The average Bonchev–Trinajstić information content (AvgIpc) is 3.38. The van der Waals surface area contributed by atoms with Crippen LogP contribution in [0.5, 0.6) is 0 Å². The average molecular weight is 488 g/mol. The Morgan fingerprint density at radius 3 is 2.47 bits per heavy atom. The summed E-state index contributed by atoms with van der Waals surface area (Å²) in [5.74, 6) is 0.659. The maximum absolute atomic E-state index is 13.0. The van der Waals surface area contributed by atoms with Crippen LogP contribution in [0.25, 0.3) is 0 Å². The first-order valence-electron chi connectivity index (χ1n) is 11.4. The van der Waals surface area contributed by atoms with E-state index < -0.39 is 12.0 Å². The second-order valence-corrected chi connectivity index (χ2v) is 8.97. The quantitative estimate of drug-likeness (QED) is 0.634. The lowest BCUT2D eigenvalue weighted by atomic mass is 9.98. The fourth-order valence-electron chi connectivity index (χ4n) is 4.10. The van der Waals surface area contributed by atoms with Crippen LogP contribution >= 0.6 is 11.3 Å². The standard InChI is InChI=1S/C22H29N7O4S/c1-2-33-21(31)26-25-19(30)17-15-34-20(24-17)16-6-9-28(10-7-16)22(32)29-13-11-27(12-14-29)18-5-3-4-8-23-18/h3-5,8,15-16H,2,6-7,9-14H2,1H3,(H,25,30)(H,26,31). The number of anilines is 1. The van der Waals surface area contributed by atoms with Crippen molar-refractivity contribution in [3.63, 3.8) is 0 Å². The van der Waals surface area contributed by atoms with Gasteiger partial charge in [0, 0.05) is 56.8 Å². The van der Waals surface area contributed by atoms with Crippen LogP contribution in [0, 0.1) is 0 Å². The summed E-state index contributed by atoms with van der Waals surface area (Å²) >= 11 is 1.42. The highest BCUT2D eigenvalue weighted by Gasteiger charge is 2.30. The number of ether oxygens (including phenoxy) is 1. The van der Waals surface area contributed by atoms with E-state index >= 15 is 0 Å². The van der Waals surface area contributed by atoms with Crippen LogP contribution in [-0.2, 0) is 4.74 Å². The number of thiazole rings is 1. The van der Waals surface area contributed by atoms with Gasteiger partial charge in [-0.2, -0.15) is 0 Å². The number of nitrogens with one attached hydrogen (secondary N) is 2. The van der Waals surface area contributed by atoms with Crippen LogP contribution in [0.3, 0.4) is 0 Å². The number of pyridine rings is 1. The van der Waals surface area contributed by atoms with E-state index in [4.69, 9.17) is 4.74 Å². The number of urea groups is 1. The third kappa shape index (κ3) is 5.74. The highest BCUT2D eigenvalue weighted by Crippen LogP contribution is 2.31. The molecule has 0 saturated carbocycles. The van der Waals surface area contributed by atoms with Crippen LogP contribution < -0.4 is 15.8 Å². The van der Waals surface area contributed by atoms with E-state index in [9.17, 15) is 14.4 Å². The first-order chi connectivity index (χ1) is 16.5. The SMILES string of the molecule is CCOC(=O)NNC(=O)c1csc(C2CCN(C(=O)N3CCN(c4ccccn4)CC3)CC2)n1. The third-order valence-electron chi connectivity index (χ3n) is 5.95. The van der Waals surface area contributed by atoms with Gasteiger partial charge in [0.1, 0.15) is 11.5 Å². The zero-order chi connectivity index (χ0) is 23.9. The second-order valence-electron chi connectivity index (χ2n) is 8.08. The zero-order valence-electron chi connectivity index (χ0n) is 19.1. The molecule has 34 heavy (non-hydrogen) atoms. The molecule has 11 nitrogen and oxygen atoms in total. The van der Waals surface area contributed by atoms with Crippen molar-refractivity contribution in [2.45, 2.75) is 25.7 Å². The minimum atomic E-state index is -0.721. The Bertz CT molecular complexity index is 986. The monoisotopic (exact) mass is 487 g/mol. The Kier molecular flexibility index (Phi) is 7.78. The normalized spacial score (nSPS) is 16.8. The minimum absolute atomic E-state index is 0.0865. The molecule has 2 aliphatic heterocycles. The summed E-state index contributed by atoms with van der Waals surface area (Å²) in [5.41, 5.74) is 4.72. The number of rotatable bonds is 4. The van der Waals surface area contributed by atoms with Gasteiger partial charge in [0.25, 0.3) is 5.91 Å². The first kappa shape index (κ1) is 23.7. The van der Waals surface area contributed by atoms with Gasteiger partial charge >= 0.3 is 12.1 Å². The van der Waals surface area contributed by atoms with Crippen molar-refractivity contribution in [3.8, 4) is 0 Å². The van der Waals surface area contributed by atoms with Crippen LogP contribution in [0.1, 0.15) is 41.2 Å². The fourth-order valence-corrected chi connectivity index (χ4v) is 5.08. The zero-order valence-corrected chi connectivity index (χ0v) is 19.9. The summed E-state index contributed by atoms with van der Waals surface area (Å²) in [5, 5.41) is 2.55. The Morgan fingerprint density at radius 2 is 1.79 bits per heavy atom. The van der Waals surface area contributed by atoms with Gasteiger partial charge in [-0.25, -0.2) is 25.0 Å². The van der Waals surface area contributed by atoms with Gasteiger partial charge in [0.15, 0.2) is 0 Å². The number of hydrogen-bond acceptors (Lipinski definition) is 8. The number of likely N-dealkylation sites (tertiary alicyclic amines) is 1. The van der Waals surface area contributed by atoms with E-state index in [1.807, 2.05) is 28.0 Å². The van der Waals surface area contributed by atoms with Gasteiger partial charge in [0.2, 0.25) is 0 Å². The van der Waals surface area contributed by atoms with Gasteiger partial charge in [-0.1, -0.05) is 6.07 Å². The van der Waals surface area contributed by atoms with E-state index in [-0.39, 0.29) is 24.2 Å². The first-order valence-corrected chi connectivity index (χ1v) is 12.3. The third-order valence-corrected chi connectivity index (χ3v) is 6.95. The predicted molar refractivity (Wildman–Crippen MR) is 127 cm³/mol. The predicted octanol–water partition coefficient (Wildman–Crippen LogP) is 2.05. The minimum Gasteiger partial charge on any atom is -0.449 e. The van der Waals surface area contributed by atoms with Crippen LogP contribution in [0.2, 0.25) is 0 Å². The molecule has 2 aromatic rings. The van der Waals surface area contributed by atoms with Gasteiger partial charge in [-0.05, 0) is 31.9 Å². The highest BCUT2D eigenvalue weighted by molar-refractivity contribution is 7.09. The number of hydrogen-bond donors (Lipinski definition) is 2. The molecule has 2 aromatic heterocycles. The van der Waals surface area contributed by atoms with Crippen molar-refractivity contribution in [3.05, 3.63) is 40.5 Å². The van der Waals surface area contributed by atoms with Crippen molar-refractivity contribution in [2.75, 3.05) is 50.8 Å². The number of nitrogens with zero attached hydrogens (tertiary/aromatic N) is 5. The summed E-state index contributed by atoms with van der Waals surface area (Å²) in [6.07, 6.45) is 2.67. The van der Waals surface area contributed by atoms with Crippen LogP contribution in [0.4, 0.5) is 15.4 Å². The van der Waals surface area contributed by atoms with Crippen molar-refractivity contribution < 1.29 is 19.1 Å². The molecule has 2 N–H and O–H groups in total. The molecule has 0 radical (unpaired) electrons. The molecule has 0 aliphatic carbocycles. The maximum Gasteiger partial charge on any atom is 0.426 e. The fraction of sp³-hybridized carbons (Fsp3) is 0.500. The Morgan fingerprint density at radius 1 is 1.06 bits per heavy atom. The molecule has 0 aromatic carbocycles. The lowest BCUT2D eigenvalue weighted by Crippen LogP contribution is -2.54. The summed E-state index contributed by atoms with van der Waals surface area (Å²) in [6, 6.07) is 5.95. The number of carbonyl (C=O) groups is 3. The summed E-state index contributed by atoms with van der Waals surface area (Å²) in [7, 11) is 0. The molecule has 2 aliphatic rings. The number of aromatic nitrogens is 2. The smallest absolute Gasteiger partial charge is 0.426 e. The molecular weight excluding hydrogens is 458 g/mol. The van der Waals surface area contributed by atoms with E-state index in [1.54, 1.807) is 18.5 Å². The van der Waals surface area contributed by atoms with Gasteiger partial charge in [0.05, 0.1) is 11.6 Å². The van der Waals surface area contributed by atoms with Crippen molar-refractivity contribution >= 4 is 35.2 Å². The van der Waals surface area contributed by atoms with E-state index in [0.717, 1.165) is 36.8 Å². The molecule has 4 rings (SSSR count). The molecular formula is C22H29N7O4S. The van der Waals surface area contributed by atoms with Crippen LogP contribution in [-0.4, -0.2) is 83.7 Å². The Hall–Kier alpha value is -3.41. The van der Waals surface area contributed by atoms with E-state index in [0.29, 0.717) is 26.2 Å². The van der Waals surface area contributed by atoms with E-state index in [1.165, 1.54) is 11.3 Å². The Balaban J connectivity index is 1.23. The summed E-state index contributed by atoms with van der Waals surface area (Å²) in [6.45, 7) is 6.12. The van der Waals surface area contributed by atoms with E-state index in [2.05, 4.69) is 25.7 Å². The molecule has 4 heterocycles. The lowest BCUT2D eigenvalue weighted by Gasteiger charge is -2.39. The molecule has 0 unspecified atom stereocenters. The van der Waals surface area contributed by atoms with Gasteiger partial charge in [-0.15, -0.1) is 11.3 Å². The van der Waals surface area contributed by atoms with Crippen molar-refractivity contribution in [2.24, 2.45) is 0 Å². The lowest BCUT2D eigenvalue weighted by molar-refractivity contribution is 0.0908. The number of hydrazine groups is 1. The largest absolute Gasteiger partial charge is 0.449 e. The van der Waals surface area contributed by atoms with Crippen molar-refractivity contribution in [1.29, 1.82) is 0 Å². The highest BCUT2D eigenvalue weighted by atomic mass is 32.1. The van der Waals surface area contributed by atoms with Gasteiger partial charge < -0.3 is 19.4 Å². The molecule has 182 valence electrons. The number of piperidine rings is 1. The Labute approximate surface area is 202 Å². The number of carbonyl (C=O) groups excluding carboxylic acids is 3. The maximum atomic E-state index is 13.0. The molecule has 4 amide bonds. The molecule has 2 fully saturated rings. The molecule has 0 bridgehead atoms. The summed E-state index contributed by atoms with van der Waals surface area (Å²) < 4.78 is 4.70. The summed E-state index contributed by atoms with van der Waals surface area (Å²) in [4.78, 5) is 51.4.